The van der Waals surface area contributed by atoms with Crippen LogP contribution >= 0.6 is 0 Å². The first kappa shape index (κ1) is 8.01. The average molecular weight is 130 g/mol. The van der Waals surface area contributed by atoms with Gasteiger partial charge in [0.1, 0.15) is 0 Å². The van der Waals surface area contributed by atoms with Crippen molar-refractivity contribution in [2.24, 2.45) is 0 Å². The molecule has 52 valence electrons. The van der Waals surface area contributed by atoms with Gasteiger partial charge in [0.05, 0.1) is 11.8 Å². The van der Waals surface area contributed by atoms with Gasteiger partial charge in [0, 0.05) is 0 Å². The first-order valence-corrected chi connectivity index (χ1v) is 2.79. The van der Waals surface area contributed by atoms with Gasteiger partial charge in [-0.2, -0.15) is 0 Å². The van der Waals surface area contributed by atoms with Gasteiger partial charge < -0.3 is 10.2 Å². The Morgan fingerprint density at radius 3 is 2.33 bits per heavy atom. The van der Waals surface area contributed by atoms with Crippen LogP contribution in [0.2, 0.25) is 0 Å². The second-order valence-corrected chi connectivity index (χ2v) is 1.71. The van der Waals surface area contributed by atoms with Crippen LogP contribution in [0.15, 0.2) is 11.8 Å². The molecule has 0 aliphatic rings. The summed E-state index contributed by atoms with van der Waals surface area (Å²) in [7, 11) is 0. The Bertz CT molecular complexity index is 126. The third kappa shape index (κ3) is 2.74. The Morgan fingerprint density at radius 2 is 2.22 bits per heavy atom. The first-order valence-electron chi connectivity index (χ1n) is 2.79. The standard InChI is InChI=1S/C6H10O3/c1-2-3-5(4-7)6(8)9/h4,7H,2-3H2,1H3,(H,8,9). The van der Waals surface area contributed by atoms with Crippen molar-refractivity contribution in [3.8, 4) is 0 Å². The van der Waals surface area contributed by atoms with E-state index in [-0.39, 0.29) is 5.57 Å². The molecule has 2 N–H and O–H groups in total. The number of carboxylic acids is 1. The molecule has 0 saturated heterocycles. The number of hydrogen-bond acceptors (Lipinski definition) is 2. The summed E-state index contributed by atoms with van der Waals surface area (Å²) in [5.41, 5.74) is 0.0671. The third-order valence-corrected chi connectivity index (χ3v) is 0.950. The van der Waals surface area contributed by atoms with E-state index in [1.54, 1.807) is 0 Å². The Labute approximate surface area is 53.6 Å². The van der Waals surface area contributed by atoms with E-state index in [1.807, 2.05) is 6.92 Å². The molecular weight excluding hydrogens is 120 g/mol. The third-order valence-electron chi connectivity index (χ3n) is 0.950. The van der Waals surface area contributed by atoms with Crippen molar-refractivity contribution >= 4 is 5.97 Å². The Kier molecular flexibility index (Phi) is 3.51. The van der Waals surface area contributed by atoms with Gasteiger partial charge in [-0.25, -0.2) is 4.79 Å². The van der Waals surface area contributed by atoms with E-state index in [0.29, 0.717) is 12.7 Å². The summed E-state index contributed by atoms with van der Waals surface area (Å²) in [6, 6.07) is 0. The lowest BCUT2D eigenvalue weighted by molar-refractivity contribution is -0.132. The van der Waals surface area contributed by atoms with Crippen LogP contribution in [-0.4, -0.2) is 16.2 Å². The minimum atomic E-state index is -1.04. The Morgan fingerprint density at radius 1 is 1.67 bits per heavy atom. The van der Waals surface area contributed by atoms with E-state index < -0.39 is 5.97 Å². The van der Waals surface area contributed by atoms with Crippen LogP contribution in [0, 0.1) is 0 Å². The van der Waals surface area contributed by atoms with Crippen LogP contribution in [0.1, 0.15) is 19.8 Å². The summed E-state index contributed by atoms with van der Waals surface area (Å²) >= 11 is 0. The van der Waals surface area contributed by atoms with Crippen molar-refractivity contribution in [3.05, 3.63) is 11.8 Å². The summed E-state index contributed by atoms with van der Waals surface area (Å²) in [6.45, 7) is 1.85. The fourth-order valence-corrected chi connectivity index (χ4v) is 0.496. The number of aliphatic carboxylic acids is 1. The normalized spacial score (nSPS) is 11.4. The second-order valence-electron chi connectivity index (χ2n) is 1.71. The molecule has 0 rings (SSSR count). The largest absolute Gasteiger partial charge is 0.515 e. The van der Waals surface area contributed by atoms with Crippen molar-refractivity contribution in [2.45, 2.75) is 19.8 Å². The second kappa shape index (κ2) is 3.95. The van der Waals surface area contributed by atoms with Crippen molar-refractivity contribution in [2.75, 3.05) is 0 Å². The van der Waals surface area contributed by atoms with Gasteiger partial charge in [0.25, 0.3) is 0 Å². The van der Waals surface area contributed by atoms with Crippen LogP contribution in [0.25, 0.3) is 0 Å². The van der Waals surface area contributed by atoms with E-state index in [4.69, 9.17) is 10.2 Å². The number of aliphatic hydroxyl groups excluding tert-OH is 1. The molecule has 0 aromatic carbocycles. The van der Waals surface area contributed by atoms with E-state index >= 15 is 0 Å². The molecule has 0 aliphatic heterocycles. The monoisotopic (exact) mass is 130 g/mol. The zero-order valence-electron chi connectivity index (χ0n) is 5.29. The fraction of sp³-hybridized carbons (Fsp3) is 0.500. The number of carboxylic acid groups (broad SMARTS) is 1. The smallest absolute Gasteiger partial charge is 0.334 e. The number of carbonyl (C=O) groups is 1. The maximum atomic E-state index is 10.1. The van der Waals surface area contributed by atoms with Crippen LogP contribution in [0.4, 0.5) is 0 Å². The summed E-state index contributed by atoms with van der Waals surface area (Å²) in [6.07, 6.45) is 1.80. The van der Waals surface area contributed by atoms with Gasteiger partial charge in [-0.15, -0.1) is 0 Å². The van der Waals surface area contributed by atoms with Gasteiger partial charge in [0.15, 0.2) is 0 Å². The maximum absolute atomic E-state index is 10.1. The van der Waals surface area contributed by atoms with Crippen molar-refractivity contribution < 1.29 is 15.0 Å². The highest BCUT2D eigenvalue weighted by Crippen LogP contribution is 2.02. The molecule has 0 aromatic heterocycles. The summed E-state index contributed by atoms with van der Waals surface area (Å²) in [5, 5.41) is 16.6. The van der Waals surface area contributed by atoms with Crippen LogP contribution in [0.3, 0.4) is 0 Å². The van der Waals surface area contributed by atoms with Crippen LogP contribution < -0.4 is 0 Å². The molecule has 0 atom stereocenters. The molecule has 3 nitrogen and oxygen atoms in total. The predicted molar refractivity (Wildman–Crippen MR) is 33.3 cm³/mol. The molecule has 0 bridgehead atoms. The van der Waals surface area contributed by atoms with Gasteiger partial charge in [0.2, 0.25) is 0 Å². The molecule has 0 unspecified atom stereocenters. The lowest BCUT2D eigenvalue weighted by Gasteiger charge is -1.93. The number of aliphatic hydroxyl groups is 1. The number of hydrogen-bond donors (Lipinski definition) is 2. The quantitative estimate of drug-likeness (QED) is 0.447. The Balaban J connectivity index is 3.85. The van der Waals surface area contributed by atoms with Crippen molar-refractivity contribution in [3.63, 3.8) is 0 Å². The Hall–Kier alpha value is -0.990. The van der Waals surface area contributed by atoms with Gasteiger partial charge in [-0.1, -0.05) is 13.3 Å². The molecule has 9 heavy (non-hydrogen) atoms. The van der Waals surface area contributed by atoms with Crippen molar-refractivity contribution in [1.29, 1.82) is 0 Å². The molecule has 3 heteroatoms. The average Bonchev–Trinajstić information content (AvgIpc) is 1.82. The van der Waals surface area contributed by atoms with Gasteiger partial charge >= 0.3 is 5.97 Å². The van der Waals surface area contributed by atoms with Crippen LogP contribution in [0.5, 0.6) is 0 Å². The fourth-order valence-electron chi connectivity index (χ4n) is 0.496. The molecule has 0 heterocycles. The molecule has 0 spiro atoms. The lowest BCUT2D eigenvalue weighted by Crippen LogP contribution is -1.99. The summed E-state index contributed by atoms with van der Waals surface area (Å²) < 4.78 is 0. The van der Waals surface area contributed by atoms with E-state index in [0.717, 1.165) is 6.42 Å². The SMILES string of the molecule is CCCC(=CO)C(=O)O. The number of rotatable bonds is 3. The van der Waals surface area contributed by atoms with Crippen LogP contribution in [-0.2, 0) is 4.79 Å². The lowest BCUT2D eigenvalue weighted by atomic mass is 10.2. The zero-order valence-corrected chi connectivity index (χ0v) is 5.29. The minimum Gasteiger partial charge on any atom is -0.515 e. The highest BCUT2D eigenvalue weighted by molar-refractivity contribution is 5.86. The molecular formula is C6H10O3. The molecule has 0 saturated carbocycles. The summed E-state index contributed by atoms with van der Waals surface area (Å²) in [5.74, 6) is -1.04. The van der Waals surface area contributed by atoms with E-state index in [2.05, 4.69) is 0 Å². The molecule has 0 aliphatic carbocycles. The van der Waals surface area contributed by atoms with E-state index in [1.165, 1.54) is 0 Å². The zero-order chi connectivity index (χ0) is 7.28. The highest BCUT2D eigenvalue weighted by Gasteiger charge is 2.03. The maximum Gasteiger partial charge on any atom is 0.334 e. The first-order chi connectivity index (χ1) is 4.22. The summed E-state index contributed by atoms with van der Waals surface area (Å²) in [4.78, 5) is 10.1. The minimum absolute atomic E-state index is 0.0671. The molecule has 0 amide bonds. The van der Waals surface area contributed by atoms with Gasteiger partial charge in [-0.3, -0.25) is 0 Å². The topological polar surface area (TPSA) is 57.5 Å². The molecule has 0 fully saturated rings. The molecule has 0 radical (unpaired) electrons. The molecule has 0 aromatic rings. The highest BCUT2D eigenvalue weighted by atomic mass is 16.4. The predicted octanol–water partition coefficient (Wildman–Crippen LogP) is 1.31. The van der Waals surface area contributed by atoms with Crippen molar-refractivity contribution in [1.82, 2.24) is 0 Å². The van der Waals surface area contributed by atoms with E-state index in [9.17, 15) is 4.79 Å². The van der Waals surface area contributed by atoms with Gasteiger partial charge in [-0.05, 0) is 6.42 Å².